The Morgan fingerprint density at radius 2 is 2.29 bits per heavy atom. The van der Waals surface area contributed by atoms with Crippen molar-refractivity contribution in [2.24, 2.45) is 0 Å². The molecule has 0 bridgehead atoms. The Hall–Kier alpha value is -0.610. The summed E-state index contributed by atoms with van der Waals surface area (Å²) >= 11 is 8.89. The largest absolute Gasteiger partial charge is 0.243 e. The van der Waals surface area contributed by atoms with Gasteiger partial charge in [-0.2, -0.15) is 0 Å². The van der Waals surface area contributed by atoms with E-state index in [4.69, 9.17) is 11.6 Å². The van der Waals surface area contributed by atoms with Gasteiger partial charge in [0.1, 0.15) is 10.0 Å². The number of rotatable bonds is 4. The Labute approximate surface area is 114 Å². The molecule has 0 unspecified atom stereocenters. The summed E-state index contributed by atoms with van der Waals surface area (Å²) in [6, 6.07) is 1.41. The molecule has 0 aliphatic rings. The van der Waals surface area contributed by atoms with Crippen LogP contribution in [0.25, 0.3) is 0 Å². The van der Waals surface area contributed by atoms with Gasteiger partial charge < -0.3 is 0 Å². The lowest BCUT2D eigenvalue weighted by Crippen LogP contribution is -2.25. The second-order valence-corrected chi connectivity index (χ2v) is 6.03. The molecule has 1 aromatic heterocycles. The average Bonchev–Trinajstić information content (AvgIpc) is 2.28. The van der Waals surface area contributed by atoms with Crippen LogP contribution in [0.2, 0.25) is 5.15 Å². The van der Waals surface area contributed by atoms with E-state index >= 15 is 0 Å². The summed E-state index contributed by atoms with van der Waals surface area (Å²) in [5, 5.41) is -0.0534. The number of pyridine rings is 1. The molecule has 0 amide bonds. The highest BCUT2D eigenvalue weighted by molar-refractivity contribution is 9.10. The van der Waals surface area contributed by atoms with E-state index < -0.39 is 10.0 Å². The molecule has 0 fully saturated rings. The molecule has 0 aliphatic carbocycles. The first-order valence-electron chi connectivity index (χ1n) is 4.67. The molecule has 4 nitrogen and oxygen atoms in total. The SMILES string of the molecule is CC#CCCNS(=O)(=O)c1cc(Br)cnc1Cl. The molecular formula is C10H10BrClN2O2S. The maximum atomic E-state index is 11.9. The lowest BCUT2D eigenvalue weighted by Gasteiger charge is -2.06. The third-order valence-corrected chi connectivity index (χ3v) is 4.10. The average molecular weight is 338 g/mol. The molecule has 1 aromatic rings. The van der Waals surface area contributed by atoms with E-state index in [-0.39, 0.29) is 16.6 Å². The number of aromatic nitrogens is 1. The van der Waals surface area contributed by atoms with Gasteiger partial charge in [-0.15, -0.1) is 11.8 Å². The quantitative estimate of drug-likeness (QED) is 0.520. The maximum absolute atomic E-state index is 11.9. The monoisotopic (exact) mass is 336 g/mol. The van der Waals surface area contributed by atoms with Crippen molar-refractivity contribution >= 4 is 37.6 Å². The van der Waals surface area contributed by atoms with E-state index in [1.807, 2.05) is 0 Å². The molecule has 0 aliphatic heterocycles. The minimum absolute atomic E-state index is 0.0435. The predicted octanol–water partition coefficient (Wildman–Crippen LogP) is 2.19. The third kappa shape index (κ3) is 4.28. The van der Waals surface area contributed by atoms with Crippen LogP contribution < -0.4 is 4.72 Å². The second-order valence-electron chi connectivity index (χ2n) is 3.02. The fourth-order valence-electron chi connectivity index (χ4n) is 1.04. The zero-order chi connectivity index (χ0) is 12.9. The molecule has 17 heavy (non-hydrogen) atoms. The van der Waals surface area contributed by atoms with Crippen molar-refractivity contribution in [2.45, 2.75) is 18.2 Å². The van der Waals surface area contributed by atoms with Gasteiger partial charge in [0.15, 0.2) is 0 Å². The van der Waals surface area contributed by atoms with Gasteiger partial charge in [-0.3, -0.25) is 0 Å². The van der Waals surface area contributed by atoms with Gasteiger partial charge in [0.05, 0.1) is 0 Å². The van der Waals surface area contributed by atoms with Gasteiger partial charge >= 0.3 is 0 Å². The lowest BCUT2D eigenvalue weighted by molar-refractivity contribution is 0.582. The zero-order valence-corrected chi connectivity index (χ0v) is 12.2. The van der Waals surface area contributed by atoms with Gasteiger partial charge in [-0.25, -0.2) is 18.1 Å². The van der Waals surface area contributed by atoms with Crippen molar-refractivity contribution in [3.8, 4) is 11.8 Å². The second kappa shape index (κ2) is 6.36. The number of halogens is 2. The molecule has 0 radical (unpaired) electrons. The van der Waals surface area contributed by atoms with E-state index in [1.165, 1.54) is 12.3 Å². The smallest absolute Gasteiger partial charge is 0.242 e. The van der Waals surface area contributed by atoms with E-state index in [0.717, 1.165) is 0 Å². The Balaban J connectivity index is 2.88. The Kier molecular flexibility index (Phi) is 5.40. The zero-order valence-electron chi connectivity index (χ0n) is 9.00. The molecule has 92 valence electrons. The highest BCUT2D eigenvalue weighted by Gasteiger charge is 2.18. The molecule has 0 atom stereocenters. The highest BCUT2D eigenvalue weighted by atomic mass is 79.9. The molecule has 1 heterocycles. The summed E-state index contributed by atoms with van der Waals surface area (Å²) < 4.78 is 26.7. The van der Waals surface area contributed by atoms with Crippen LogP contribution in [0.5, 0.6) is 0 Å². The Morgan fingerprint density at radius 1 is 1.59 bits per heavy atom. The summed E-state index contributed by atoms with van der Waals surface area (Å²) in [5.41, 5.74) is 0. The van der Waals surface area contributed by atoms with Crippen LogP contribution in [0.4, 0.5) is 0 Å². The van der Waals surface area contributed by atoms with Gasteiger partial charge in [-0.1, -0.05) is 11.6 Å². The number of hydrogen-bond donors (Lipinski definition) is 1. The van der Waals surface area contributed by atoms with Crippen LogP contribution in [0.15, 0.2) is 21.6 Å². The van der Waals surface area contributed by atoms with Crippen LogP contribution in [0, 0.1) is 11.8 Å². The first kappa shape index (κ1) is 14.5. The molecular weight excluding hydrogens is 328 g/mol. The van der Waals surface area contributed by atoms with E-state index in [9.17, 15) is 8.42 Å². The van der Waals surface area contributed by atoms with Crippen molar-refractivity contribution in [3.63, 3.8) is 0 Å². The lowest BCUT2D eigenvalue weighted by atomic mass is 10.4. The molecule has 0 aromatic carbocycles. The fourth-order valence-corrected chi connectivity index (χ4v) is 3.02. The molecule has 0 saturated heterocycles. The fraction of sp³-hybridized carbons (Fsp3) is 0.300. The highest BCUT2D eigenvalue weighted by Crippen LogP contribution is 2.22. The van der Waals surface area contributed by atoms with Crippen LogP contribution in [0.1, 0.15) is 13.3 Å². The minimum Gasteiger partial charge on any atom is -0.242 e. The topological polar surface area (TPSA) is 59.1 Å². The Bertz CT molecular complexity index is 563. The number of nitrogens with one attached hydrogen (secondary N) is 1. The standard InChI is InChI=1S/C10H10BrClN2O2S/c1-2-3-4-5-14-17(15,16)9-6-8(11)7-13-10(9)12/h6-7,14H,4-5H2,1H3. The van der Waals surface area contributed by atoms with Crippen LogP contribution in [-0.2, 0) is 10.0 Å². The van der Waals surface area contributed by atoms with Crippen LogP contribution >= 0.6 is 27.5 Å². The van der Waals surface area contributed by atoms with Crippen LogP contribution in [-0.4, -0.2) is 19.9 Å². The summed E-state index contributed by atoms with van der Waals surface area (Å²) in [7, 11) is -3.64. The summed E-state index contributed by atoms with van der Waals surface area (Å²) in [6.07, 6.45) is 1.89. The maximum Gasteiger partial charge on any atom is 0.243 e. The van der Waals surface area contributed by atoms with Gasteiger partial charge in [0, 0.05) is 23.6 Å². The third-order valence-electron chi connectivity index (χ3n) is 1.78. The molecule has 1 N–H and O–H groups in total. The van der Waals surface area contributed by atoms with E-state index in [1.54, 1.807) is 6.92 Å². The predicted molar refractivity (Wildman–Crippen MR) is 70.2 cm³/mol. The van der Waals surface area contributed by atoms with Crippen LogP contribution in [0.3, 0.4) is 0 Å². The van der Waals surface area contributed by atoms with Crippen molar-refractivity contribution < 1.29 is 8.42 Å². The Morgan fingerprint density at radius 3 is 2.94 bits per heavy atom. The number of hydrogen-bond acceptors (Lipinski definition) is 3. The van der Waals surface area contributed by atoms with Gasteiger partial charge in [-0.05, 0) is 28.9 Å². The number of sulfonamides is 1. The summed E-state index contributed by atoms with van der Waals surface area (Å²) in [5.74, 6) is 5.45. The van der Waals surface area contributed by atoms with Crippen molar-refractivity contribution in [1.29, 1.82) is 0 Å². The van der Waals surface area contributed by atoms with Crippen molar-refractivity contribution in [3.05, 3.63) is 21.9 Å². The van der Waals surface area contributed by atoms with Crippen molar-refractivity contribution in [2.75, 3.05) is 6.54 Å². The van der Waals surface area contributed by atoms with E-state index in [0.29, 0.717) is 10.9 Å². The van der Waals surface area contributed by atoms with Crippen molar-refractivity contribution in [1.82, 2.24) is 9.71 Å². The van der Waals surface area contributed by atoms with Gasteiger partial charge in [0.25, 0.3) is 0 Å². The molecule has 1 rings (SSSR count). The first-order chi connectivity index (χ1) is 7.97. The first-order valence-corrected chi connectivity index (χ1v) is 7.33. The van der Waals surface area contributed by atoms with Gasteiger partial charge in [0.2, 0.25) is 10.0 Å². The molecule has 0 saturated carbocycles. The minimum atomic E-state index is -3.64. The summed E-state index contributed by atoms with van der Waals surface area (Å²) in [6.45, 7) is 1.94. The number of nitrogens with zero attached hydrogens (tertiary/aromatic N) is 1. The van der Waals surface area contributed by atoms with E-state index in [2.05, 4.69) is 37.5 Å². The molecule has 0 spiro atoms. The summed E-state index contributed by atoms with van der Waals surface area (Å²) in [4.78, 5) is 3.72. The normalized spacial score (nSPS) is 10.8. The molecule has 7 heteroatoms.